The number of carbonyl (C=O) groups is 1. The molecular formula is C12H21ClN4O2. The lowest BCUT2D eigenvalue weighted by atomic mass is 10.3. The first-order valence-electron chi connectivity index (χ1n) is 6.40. The van der Waals surface area contributed by atoms with Gasteiger partial charge in [-0.3, -0.25) is 4.79 Å². The van der Waals surface area contributed by atoms with Gasteiger partial charge < -0.3 is 20.1 Å². The molecule has 0 atom stereocenters. The Morgan fingerprint density at radius 2 is 2.26 bits per heavy atom. The molecule has 2 N–H and O–H groups in total. The van der Waals surface area contributed by atoms with E-state index in [2.05, 4.69) is 20.7 Å². The number of rotatable bonds is 5. The van der Waals surface area contributed by atoms with Crippen LogP contribution in [0.2, 0.25) is 0 Å². The van der Waals surface area contributed by atoms with E-state index in [-0.39, 0.29) is 18.3 Å². The van der Waals surface area contributed by atoms with E-state index in [0.29, 0.717) is 18.0 Å². The Hall–Kier alpha value is -1.11. The second-order valence-electron chi connectivity index (χ2n) is 4.52. The average molecular weight is 289 g/mol. The quantitative estimate of drug-likeness (QED) is 0.769. The molecule has 2 rings (SSSR count). The highest BCUT2D eigenvalue weighted by molar-refractivity contribution is 5.92. The largest absolute Gasteiger partial charge is 0.361 e. The maximum absolute atomic E-state index is 11.7. The molecule has 0 saturated carbocycles. The molecule has 1 aliphatic rings. The maximum Gasteiger partial charge on any atom is 0.273 e. The molecule has 0 radical (unpaired) electrons. The zero-order chi connectivity index (χ0) is 12.8. The summed E-state index contributed by atoms with van der Waals surface area (Å²) < 4.78 is 4.86. The van der Waals surface area contributed by atoms with Crippen LogP contribution in [0.5, 0.6) is 0 Å². The molecule has 19 heavy (non-hydrogen) atoms. The van der Waals surface area contributed by atoms with E-state index in [1.54, 1.807) is 13.0 Å². The van der Waals surface area contributed by atoms with Crippen LogP contribution in [0.3, 0.4) is 0 Å². The van der Waals surface area contributed by atoms with E-state index in [9.17, 15) is 4.79 Å². The van der Waals surface area contributed by atoms with Crippen molar-refractivity contribution in [2.45, 2.75) is 13.3 Å². The van der Waals surface area contributed by atoms with Crippen LogP contribution in [-0.4, -0.2) is 55.2 Å². The summed E-state index contributed by atoms with van der Waals surface area (Å²) in [6.45, 7) is 7.78. The molecular weight excluding hydrogens is 268 g/mol. The van der Waals surface area contributed by atoms with E-state index in [1.807, 2.05) is 0 Å². The fourth-order valence-corrected chi connectivity index (χ4v) is 2.00. The van der Waals surface area contributed by atoms with E-state index in [0.717, 1.165) is 39.1 Å². The zero-order valence-corrected chi connectivity index (χ0v) is 12.0. The zero-order valence-electron chi connectivity index (χ0n) is 11.1. The number of aromatic nitrogens is 1. The number of halogens is 1. The Bertz CT molecular complexity index is 391. The van der Waals surface area contributed by atoms with Crippen molar-refractivity contribution in [2.24, 2.45) is 0 Å². The fourth-order valence-electron chi connectivity index (χ4n) is 2.00. The Morgan fingerprint density at radius 1 is 1.53 bits per heavy atom. The van der Waals surface area contributed by atoms with Gasteiger partial charge in [-0.25, -0.2) is 0 Å². The van der Waals surface area contributed by atoms with Gasteiger partial charge in [-0.05, 0) is 19.9 Å². The topological polar surface area (TPSA) is 70.4 Å². The van der Waals surface area contributed by atoms with Gasteiger partial charge in [0.25, 0.3) is 5.91 Å². The summed E-state index contributed by atoms with van der Waals surface area (Å²) in [4.78, 5) is 14.1. The highest BCUT2D eigenvalue weighted by Crippen LogP contribution is 2.01. The minimum atomic E-state index is -0.160. The number of amides is 1. The monoisotopic (exact) mass is 288 g/mol. The van der Waals surface area contributed by atoms with Gasteiger partial charge >= 0.3 is 0 Å². The van der Waals surface area contributed by atoms with E-state index < -0.39 is 0 Å². The van der Waals surface area contributed by atoms with Crippen molar-refractivity contribution in [1.29, 1.82) is 0 Å². The number of nitrogens with one attached hydrogen (secondary N) is 2. The molecule has 0 unspecified atom stereocenters. The molecule has 1 amide bonds. The third kappa shape index (κ3) is 5.18. The van der Waals surface area contributed by atoms with Crippen LogP contribution in [0.1, 0.15) is 22.7 Å². The fraction of sp³-hybridized carbons (Fsp3) is 0.667. The molecule has 7 heteroatoms. The number of carbonyl (C=O) groups excluding carboxylic acids is 1. The Labute approximate surface area is 119 Å². The lowest BCUT2D eigenvalue weighted by Gasteiger charge is -2.26. The molecule has 0 aliphatic carbocycles. The van der Waals surface area contributed by atoms with Gasteiger partial charge in [0.15, 0.2) is 5.69 Å². The van der Waals surface area contributed by atoms with Crippen molar-refractivity contribution in [3.63, 3.8) is 0 Å². The van der Waals surface area contributed by atoms with Gasteiger partial charge in [-0.15, -0.1) is 12.4 Å². The van der Waals surface area contributed by atoms with Gasteiger partial charge in [0, 0.05) is 38.8 Å². The third-order valence-electron chi connectivity index (χ3n) is 3.01. The molecule has 0 spiro atoms. The van der Waals surface area contributed by atoms with Crippen LogP contribution in [0.25, 0.3) is 0 Å². The normalized spacial score (nSPS) is 15.8. The van der Waals surface area contributed by atoms with E-state index in [1.165, 1.54) is 0 Å². The number of aryl methyl sites for hydroxylation is 1. The van der Waals surface area contributed by atoms with Gasteiger partial charge in [0.1, 0.15) is 5.76 Å². The molecule has 0 aromatic carbocycles. The highest BCUT2D eigenvalue weighted by atomic mass is 35.5. The highest BCUT2D eigenvalue weighted by Gasteiger charge is 2.11. The molecule has 1 fully saturated rings. The minimum absolute atomic E-state index is 0. The van der Waals surface area contributed by atoms with Gasteiger partial charge in [-0.1, -0.05) is 5.16 Å². The van der Waals surface area contributed by atoms with Crippen molar-refractivity contribution in [1.82, 2.24) is 20.7 Å². The summed E-state index contributed by atoms with van der Waals surface area (Å²) in [6.07, 6.45) is 0.961. The van der Waals surface area contributed by atoms with Crippen molar-refractivity contribution in [3.05, 3.63) is 17.5 Å². The van der Waals surface area contributed by atoms with Gasteiger partial charge in [-0.2, -0.15) is 0 Å². The van der Waals surface area contributed by atoms with Crippen LogP contribution in [0.4, 0.5) is 0 Å². The maximum atomic E-state index is 11.7. The second-order valence-corrected chi connectivity index (χ2v) is 4.52. The van der Waals surface area contributed by atoms with Crippen molar-refractivity contribution in [3.8, 4) is 0 Å². The molecule has 1 aromatic heterocycles. The summed E-state index contributed by atoms with van der Waals surface area (Å²) in [6, 6.07) is 1.64. The smallest absolute Gasteiger partial charge is 0.273 e. The molecule has 2 heterocycles. The first-order chi connectivity index (χ1) is 8.75. The number of hydrogen-bond donors (Lipinski definition) is 2. The van der Waals surface area contributed by atoms with Gasteiger partial charge in [0.05, 0.1) is 0 Å². The Morgan fingerprint density at radius 3 is 2.89 bits per heavy atom. The molecule has 0 bridgehead atoms. The Kier molecular flexibility index (Phi) is 6.83. The first-order valence-corrected chi connectivity index (χ1v) is 6.40. The summed E-state index contributed by atoms with van der Waals surface area (Å²) in [7, 11) is 0. The average Bonchev–Trinajstić information content (AvgIpc) is 2.82. The summed E-state index contributed by atoms with van der Waals surface area (Å²) in [5.41, 5.74) is 0.356. The predicted octanol–water partition coefficient (Wildman–Crippen LogP) is 0.430. The van der Waals surface area contributed by atoms with Crippen molar-refractivity contribution >= 4 is 18.3 Å². The van der Waals surface area contributed by atoms with Crippen LogP contribution in [0, 0.1) is 6.92 Å². The molecule has 6 nitrogen and oxygen atoms in total. The minimum Gasteiger partial charge on any atom is -0.361 e. The van der Waals surface area contributed by atoms with Crippen LogP contribution in [-0.2, 0) is 0 Å². The lowest BCUT2D eigenvalue weighted by Crippen LogP contribution is -2.44. The second kappa shape index (κ2) is 8.14. The molecule has 1 aromatic rings. The SMILES string of the molecule is Cc1cc(C(=O)NCCCN2CCNCC2)no1.Cl. The third-order valence-corrected chi connectivity index (χ3v) is 3.01. The number of nitrogens with zero attached hydrogens (tertiary/aromatic N) is 2. The van der Waals surface area contributed by atoms with E-state index >= 15 is 0 Å². The molecule has 1 aliphatic heterocycles. The molecule has 1 saturated heterocycles. The van der Waals surface area contributed by atoms with Gasteiger partial charge in [0.2, 0.25) is 0 Å². The summed E-state index contributed by atoms with van der Waals surface area (Å²) in [5.74, 6) is 0.494. The lowest BCUT2D eigenvalue weighted by molar-refractivity contribution is 0.0942. The van der Waals surface area contributed by atoms with Crippen molar-refractivity contribution in [2.75, 3.05) is 39.3 Å². The van der Waals surface area contributed by atoms with Crippen LogP contribution < -0.4 is 10.6 Å². The summed E-state index contributed by atoms with van der Waals surface area (Å²) >= 11 is 0. The number of piperazine rings is 1. The van der Waals surface area contributed by atoms with E-state index in [4.69, 9.17) is 4.52 Å². The van der Waals surface area contributed by atoms with Crippen LogP contribution in [0.15, 0.2) is 10.6 Å². The van der Waals surface area contributed by atoms with Crippen molar-refractivity contribution < 1.29 is 9.32 Å². The number of hydrogen-bond acceptors (Lipinski definition) is 5. The summed E-state index contributed by atoms with van der Waals surface area (Å²) in [5, 5.41) is 9.84. The molecule has 108 valence electrons. The Balaban J connectivity index is 0.00000180. The predicted molar refractivity (Wildman–Crippen MR) is 74.7 cm³/mol. The standard InChI is InChI=1S/C12H20N4O2.ClH/c1-10-9-11(15-18-10)12(17)14-3-2-6-16-7-4-13-5-8-16;/h9,13H,2-8H2,1H3,(H,14,17);1H. The van der Waals surface area contributed by atoms with Crippen LogP contribution >= 0.6 is 12.4 Å². The first kappa shape index (κ1) is 15.9.